The van der Waals surface area contributed by atoms with Crippen LogP contribution in [0.15, 0.2) is 0 Å². The minimum Gasteiger partial charge on any atom is -0.480 e. The molecule has 5 nitrogen and oxygen atoms in total. The van der Waals surface area contributed by atoms with Crippen molar-refractivity contribution >= 4 is 12.0 Å². The molecule has 0 aromatic heterocycles. The lowest BCUT2D eigenvalue weighted by Gasteiger charge is -2.27. The van der Waals surface area contributed by atoms with Crippen molar-refractivity contribution in [1.29, 1.82) is 0 Å². The van der Waals surface area contributed by atoms with Gasteiger partial charge in [-0.05, 0) is 32.6 Å². The Bertz CT molecular complexity index is 318. The Kier molecular flexibility index (Phi) is 8.26. The maximum atomic E-state index is 11.9. The van der Waals surface area contributed by atoms with Crippen LogP contribution in [0.5, 0.6) is 0 Å². The van der Waals surface area contributed by atoms with Crippen molar-refractivity contribution in [2.24, 2.45) is 5.92 Å². The number of aliphatic carboxylic acids is 1. The van der Waals surface area contributed by atoms with Crippen molar-refractivity contribution in [1.82, 2.24) is 10.6 Å². The fourth-order valence-corrected chi connectivity index (χ4v) is 2.14. The second kappa shape index (κ2) is 8.82. The fourth-order valence-electron chi connectivity index (χ4n) is 2.14. The maximum Gasteiger partial charge on any atom is 0.329 e. The predicted octanol–water partition coefficient (Wildman–Crippen LogP) is 3.14. The molecule has 0 aromatic rings. The first-order valence-corrected chi connectivity index (χ1v) is 7.53. The lowest BCUT2D eigenvalue weighted by atomic mass is 9.96. The molecule has 0 bridgehead atoms. The van der Waals surface area contributed by atoms with E-state index in [1.807, 2.05) is 13.8 Å². The molecule has 0 radical (unpaired) electrons. The largest absolute Gasteiger partial charge is 0.480 e. The summed E-state index contributed by atoms with van der Waals surface area (Å²) in [4.78, 5) is 23.1. The van der Waals surface area contributed by atoms with Crippen LogP contribution < -0.4 is 10.6 Å². The van der Waals surface area contributed by atoms with Gasteiger partial charge in [0.2, 0.25) is 0 Å². The second-order valence-corrected chi connectivity index (χ2v) is 6.21. The average molecular weight is 286 g/mol. The van der Waals surface area contributed by atoms with Gasteiger partial charge in [0, 0.05) is 6.04 Å². The van der Waals surface area contributed by atoms with Gasteiger partial charge in [-0.2, -0.15) is 0 Å². The molecule has 0 fully saturated rings. The summed E-state index contributed by atoms with van der Waals surface area (Å²) in [7, 11) is 0. The van der Waals surface area contributed by atoms with E-state index < -0.39 is 17.5 Å². The summed E-state index contributed by atoms with van der Waals surface area (Å²) in [5.74, 6) is -0.335. The Hall–Kier alpha value is -1.26. The predicted molar refractivity (Wildman–Crippen MR) is 80.8 cm³/mol. The first-order chi connectivity index (χ1) is 9.21. The molecular weight excluding hydrogens is 256 g/mol. The number of hydrogen-bond donors (Lipinski definition) is 3. The van der Waals surface area contributed by atoms with Gasteiger partial charge in [-0.15, -0.1) is 0 Å². The number of nitrogens with one attached hydrogen (secondary N) is 2. The van der Waals surface area contributed by atoms with Gasteiger partial charge in [0.25, 0.3) is 0 Å². The first kappa shape index (κ1) is 18.7. The normalized spacial score (nSPS) is 15.5. The molecule has 20 heavy (non-hydrogen) atoms. The average Bonchev–Trinajstić information content (AvgIpc) is 2.27. The van der Waals surface area contributed by atoms with E-state index in [0.29, 0.717) is 18.8 Å². The van der Waals surface area contributed by atoms with E-state index >= 15 is 0 Å². The molecule has 0 heterocycles. The van der Waals surface area contributed by atoms with Crippen molar-refractivity contribution in [3.05, 3.63) is 0 Å². The fraction of sp³-hybridized carbons (Fsp3) is 0.867. The molecule has 2 amide bonds. The first-order valence-electron chi connectivity index (χ1n) is 7.53. The number of carboxylic acid groups (broad SMARTS) is 1. The van der Waals surface area contributed by atoms with Gasteiger partial charge in [0.05, 0.1) is 0 Å². The third kappa shape index (κ3) is 7.36. The van der Waals surface area contributed by atoms with E-state index in [4.69, 9.17) is 0 Å². The van der Waals surface area contributed by atoms with Gasteiger partial charge in [-0.25, -0.2) is 9.59 Å². The van der Waals surface area contributed by atoms with E-state index in [9.17, 15) is 14.7 Å². The Morgan fingerprint density at radius 1 is 1.20 bits per heavy atom. The monoisotopic (exact) mass is 286 g/mol. The Morgan fingerprint density at radius 2 is 1.80 bits per heavy atom. The molecule has 0 aromatic carbocycles. The lowest BCUT2D eigenvalue weighted by Crippen LogP contribution is -2.56. The van der Waals surface area contributed by atoms with Gasteiger partial charge in [0.1, 0.15) is 5.54 Å². The Balaban J connectivity index is 4.22. The lowest BCUT2D eigenvalue weighted by molar-refractivity contribution is -0.144. The Labute approximate surface area is 122 Å². The zero-order valence-corrected chi connectivity index (χ0v) is 13.5. The van der Waals surface area contributed by atoms with Crippen LogP contribution in [-0.4, -0.2) is 28.7 Å². The molecule has 0 aliphatic carbocycles. The highest BCUT2D eigenvalue weighted by molar-refractivity contribution is 5.85. The standard InChI is InChI=1S/C15H30N2O3/c1-6-10-15(5,13(18)19)17-14(20)16-12(4)9-7-8-11(2)3/h11-12H,6-10H2,1-5H3,(H,18,19)(H2,16,17,20). The molecule has 118 valence electrons. The highest BCUT2D eigenvalue weighted by Crippen LogP contribution is 2.13. The van der Waals surface area contributed by atoms with Crippen LogP contribution in [0.3, 0.4) is 0 Å². The molecule has 3 N–H and O–H groups in total. The maximum absolute atomic E-state index is 11.9. The highest BCUT2D eigenvalue weighted by Gasteiger charge is 2.33. The van der Waals surface area contributed by atoms with Crippen molar-refractivity contribution in [3.8, 4) is 0 Å². The van der Waals surface area contributed by atoms with Gasteiger partial charge < -0.3 is 15.7 Å². The quantitative estimate of drug-likeness (QED) is 0.609. The van der Waals surface area contributed by atoms with Crippen molar-refractivity contribution in [2.45, 2.75) is 78.3 Å². The minimum atomic E-state index is -1.20. The van der Waals surface area contributed by atoms with Crippen LogP contribution in [0.2, 0.25) is 0 Å². The van der Waals surface area contributed by atoms with Gasteiger partial charge in [-0.3, -0.25) is 0 Å². The number of carbonyl (C=O) groups excluding carboxylic acids is 1. The molecule has 0 spiro atoms. The second-order valence-electron chi connectivity index (χ2n) is 6.21. The molecule has 0 rings (SSSR count). The van der Waals surface area contributed by atoms with Gasteiger partial charge in [-0.1, -0.05) is 40.0 Å². The van der Waals surface area contributed by atoms with E-state index in [0.717, 1.165) is 19.3 Å². The van der Waals surface area contributed by atoms with Gasteiger partial charge in [0.15, 0.2) is 0 Å². The van der Waals surface area contributed by atoms with Crippen molar-refractivity contribution in [3.63, 3.8) is 0 Å². The zero-order chi connectivity index (χ0) is 15.8. The summed E-state index contributed by atoms with van der Waals surface area (Å²) in [6.45, 7) is 9.73. The zero-order valence-electron chi connectivity index (χ0n) is 13.5. The summed E-state index contributed by atoms with van der Waals surface area (Å²) in [5, 5.41) is 14.6. The number of hydrogen-bond acceptors (Lipinski definition) is 2. The van der Waals surface area contributed by atoms with Crippen LogP contribution in [0.4, 0.5) is 4.79 Å². The molecule has 0 saturated carbocycles. The van der Waals surface area contributed by atoms with Gasteiger partial charge >= 0.3 is 12.0 Å². The molecule has 2 atom stereocenters. The van der Waals surface area contributed by atoms with E-state index in [-0.39, 0.29) is 6.04 Å². The summed E-state index contributed by atoms with van der Waals surface area (Å²) in [6.07, 6.45) is 4.22. The van der Waals surface area contributed by atoms with Crippen LogP contribution in [-0.2, 0) is 4.79 Å². The minimum absolute atomic E-state index is 0.0495. The topological polar surface area (TPSA) is 78.4 Å². The molecule has 2 unspecified atom stereocenters. The number of rotatable bonds is 9. The molecule has 0 aliphatic rings. The third-order valence-electron chi connectivity index (χ3n) is 3.41. The SMILES string of the molecule is CCCC(C)(NC(=O)NC(C)CCCC(C)C)C(=O)O. The molecule has 5 heteroatoms. The molecule has 0 aliphatic heterocycles. The summed E-state index contributed by atoms with van der Waals surface area (Å²) in [5.41, 5.74) is -1.20. The Morgan fingerprint density at radius 3 is 2.25 bits per heavy atom. The number of urea groups is 1. The highest BCUT2D eigenvalue weighted by atomic mass is 16.4. The number of amides is 2. The van der Waals surface area contributed by atoms with Crippen LogP contribution in [0, 0.1) is 5.92 Å². The number of carboxylic acids is 1. The van der Waals surface area contributed by atoms with E-state index in [1.54, 1.807) is 6.92 Å². The smallest absolute Gasteiger partial charge is 0.329 e. The van der Waals surface area contributed by atoms with E-state index in [1.165, 1.54) is 0 Å². The molecule has 0 saturated heterocycles. The molecular formula is C15H30N2O3. The van der Waals surface area contributed by atoms with Crippen LogP contribution in [0.1, 0.15) is 66.7 Å². The van der Waals surface area contributed by atoms with Crippen molar-refractivity contribution in [2.75, 3.05) is 0 Å². The van der Waals surface area contributed by atoms with E-state index in [2.05, 4.69) is 24.5 Å². The summed E-state index contributed by atoms with van der Waals surface area (Å²) >= 11 is 0. The third-order valence-corrected chi connectivity index (χ3v) is 3.41. The van der Waals surface area contributed by atoms with Crippen LogP contribution in [0.25, 0.3) is 0 Å². The van der Waals surface area contributed by atoms with Crippen LogP contribution >= 0.6 is 0 Å². The summed E-state index contributed by atoms with van der Waals surface area (Å²) in [6, 6.07) is -0.353. The number of carbonyl (C=O) groups is 2. The van der Waals surface area contributed by atoms with Crippen molar-refractivity contribution < 1.29 is 14.7 Å². The summed E-state index contributed by atoms with van der Waals surface area (Å²) < 4.78 is 0.